The van der Waals surface area contributed by atoms with Gasteiger partial charge in [0.15, 0.2) is 5.76 Å². The molecular formula is C13H13Cl3N2O. The highest BCUT2D eigenvalue weighted by Gasteiger charge is 2.14. The minimum absolute atomic E-state index is 0.0210. The number of rotatable bonds is 4. The van der Waals surface area contributed by atoms with Crippen LogP contribution in [0.5, 0.6) is 0 Å². The van der Waals surface area contributed by atoms with Gasteiger partial charge >= 0.3 is 0 Å². The van der Waals surface area contributed by atoms with E-state index in [-0.39, 0.29) is 6.04 Å². The Balaban J connectivity index is 2.08. The fourth-order valence-corrected chi connectivity index (χ4v) is 2.44. The Labute approximate surface area is 126 Å². The summed E-state index contributed by atoms with van der Waals surface area (Å²) in [7, 11) is 0. The molecular weight excluding hydrogens is 307 g/mol. The molecule has 0 amide bonds. The van der Waals surface area contributed by atoms with Crippen molar-refractivity contribution in [1.82, 2.24) is 10.5 Å². The highest BCUT2D eigenvalue weighted by molar-refractivity contribution is 6.48. The highest BCUT2D eigenvalue weighted by atomic mass is 35.5. The standard InChI is InChI=1S/C13H13Cl3N2O/c1-7-5-9(19-18-7)6-17-8(2)10-3-4-11(14)13(16)12(10)15/h3-5,8,17H,6H2,1-2H3. The van der Waals surface area contributed by atoms with E-state index in [9.17, 15) is 0 Å². The number of nitrogens with zero attached hydrogens (tertiary/aromatic N) is 1. The van der Waals surface area contributed by atoms with Crippen molar-refractivity contribution in [1.29, 1.82) is 0 Å². The third-order valence-corrected chi connectivity index (χ3v) is 4.10. The quantitative estimate of drug-likeness (QED) is 0.823. The zero-order valence-electron chi connectivity index (χ0n) is 10.5. The molecule has 2 rings (SSSR count). The number of benzene rings is 1. The molecule has 2 aromatic rings. The third kappa shape index (κ3) is 3.42. The summed E-state index contributed by atoms with van der Waals surface area (Å²) in [5.41, 5.74) is 1.75. The molecule has 0 aliphatic rings. The van der Waals surface area contributed by atoms with Crippen molar-refractivity contribution in [2.75, 3.05) is 0 Å². The minimum atomic E-state index is 0.0210. The summed E-state index contributed by atoms with van der Waals surface area (Å²) >= 11 is 18.1. The van der Waals surface area contributed by atoms with E-state index in [0.29, 0.717) is 21.6 Å². The summed E-state index contributed by atoms with van der Waals surface area (Å²) in [6.45, 7) is 4.44. The maximum Gasteiger partial charge on any atom is 0.150 e. The number of aromatic nitrogens is 1. The second-order valence-electron chi connectivity index (χ2n) is 4.30. The molecule has 0 aliphatic heterocycles. The number of hydrogen-bond acceptors (Lipinski definition) is 3. The first kappa shape index (κ1) is 14.7. The van der Waals surface area contributed by atoms with E-state index >= 15 is 0 Å². The van der Waals surface area contributed by atoms with Crippen LogP contribution in [0.2, 0.25) is 15.1 Å². The van der Waals surface area contributed by atoms with Crippen molar-refractivity contribution in [3.8, 4) is 0 Å². The van der Waals surface area contributed by atoms with Gasteiger partial charge in [-0.15, -0.1) is 0 Å². The third-order valence-electron chi connectivity index (χ3n) is 2.79. The van der Waals surface area contributed by atoms with Gasteiger partial charge < -0.3 is 9.84 Å². The molecule has 19 heavy (non-hydrogen) atoms. The van der Waals surface area contributed by atoms with Crippen LogP contribution < -0.4 is 5.32 Å². The van der Waals surface area contributed by atoms with E-state index in [1.54, 1.807) is 6.07 Å². The lowest BCUT2D eigenvalue weighted by atomic mass is 10.1. The molecule has 0 radical (unpaired) electrons. The highest BCUT2D eigenvalue weighted by Crippen LogP contribution is 2.35. The van der Waals surface area contributed by atoms with Crippen molar-refractivity contribution in [3.63, 3.8) is 0 Å². The van der Waals surface area contributed by atoms with Crippen LogP contribution in [0.1, 0.15) is 30.0 Å². The zero-order valence-corrected chi connectivity index (χ0v) is 12.8. The van der Waals surface area contributed by atoms with Gasteiger partial charge in [0.2, 0.25) is 0 Å². The van der Waals surface area contributed by atoms with Gasteiger partial charge in [-0.3, -0.25) is 0 Å². The summed E-state index contributed by atoms with van der Waals surface area (Å²) in [5.74, 6) is 0.778. The van der Waals surface area contributed by atoms with Crippen LogP contribution in [0.15, 0.2) is 22.7 Å². The molecule has 0 bridgehead atoms. The van der Waals surface area contributed by atoms with Gasteiger partial charge in [-0.25, -0.2) is 0 Å². The monoisotopic (exact) mass is 318 g/mol. The van der Waals surface area contributed by atoms with Crippen LogP contribution in [-0.4, -0.2) is 5.16 Å². The smallest absolute Gasteiger partial charge is 0.150 e. The summed E-state index contributed by atoms with van der Waals surface area (Å²) < 4.78 is 5.13. The van der Waals surface area contributed by atoms with Crippen molar-refractivity contribution >= 4 is 34.8 Å². The molecule has 0 spiro atoms. The van der Waals surface area contributed by atoms with Crippen molar-refractivity contribution in [2.45, 2.75) is 26.4 Å². The number of aryl methyl sites for hydroxylation is 1. The van der Waals surface area contributed by atoms with Gasteiger partial charge in [0.25, 0.3) is 0 Å². The van der Waals surface area contributed by atoms with Crippen molar-refractivity contribution < 1.29 is 4.52 Å². The summed E-state index contributed by atoms with van der Waals surface area (Å²) in [6, 6.07) is 5.51. The first-order valence-electron chi connectivity index (χ1n) is 5.78. The van der Waals surface area contributed by atoms with Gasteiger partial charge in [-0.1, -0.05) is 46.0 Å². The lowest BCUT2D eigenvalue weighted by molar-refractivity contribution is 0.363. The second kappa shape index (κ2) is 6.14. The Morgan fingerprint density at radius 1 is 1.26 bits per heavy atom. The molecule has 0 saturated heterocycles. The summed E-state index contributed by atoms with van der Waals surface area (Å²) in [4.78, 5) is 0. The lowest BCUT2D eigenvalue weighted by Gasteiger charge is -2.16. The van der Waals surface area contributed by atoms with Gasteiger partial charge in [0.1, 0.15) is 0 Å². The van der Waals surface area contributed by atoms with Gasteiger partial charge in [0.05, 0.1) is 27.3 Å². The van der Waals surface area contributed by atoms with Gasteiger partial charge in [-0.2, -0.15) is 0 Å². The van der Waals surface area contributed by atoms with Crippen LogP contribution in [0, 0.1) is 6.92 Å². The van der Waals surface area contributed by atoms with Crippen LogP contribution in [0.25, 0.3) is 0 Å². The molecule has 0 aliphatic carbocycles. The number of nitrogens with one attached hydrogen (secondary N) is 1. The first-order chi connectivity index (χ1) is 8.99. The van der Waals surface area contributed by atoms with E-state index < -0.39 is 0 Å². The Morgan fingerprint density at radius 2 is 2.00 bits per heavy atom. The Bertz CT molecular complexity index is 583. The number of hydrogen-bond donors (Lipinski definition) is 1. The molecule has 0 saturated carbocycles. The maximum atomic E-state index is 6.19. The summed E-state index contributed by atoms with van der Waals surface area (Å²) in [5, 5.41) is 8.43. The average molecular weight is 320 g/mol. The van der Waals surface area contributed by atoms with E-state index in [4.69, 9.17) is 39.3 Å². The van der Waals surface area contributed by atoms with Crippen LogP contribution in [-0.2, 0) is 6.54 Å². The van der Waals surface area contributed by atoms with E-state index in [2.05, 4.69) is 10.5 Å². The van der Waals surface area contributed by atoms with Gasteiger partial charge in [-0.05, 0) is 25.5 Å². The second-order valence-corrected chi connectivity index (χ2v) is 5.46. The fraction of sp³-hybridized carbons (Fsp3) is 0.308. The minimum Gasteiger partial charge on any atom is -0.360 e. The summed E-state index contributed by atoms with van der Waals surface area (Å²) in [6.07, 6.45) is 0. The van der Waals surface area contributed by atoms with Crippen molar-refractivity contribution in [3.05, 3.63) is 50.3 Å². The predicted molar refractivity (Wildman–Crippen MR) is 78.0 cm³/mol. The van der Waals surface area contributed by atoms with Gasteiger partial charge in [0, 0.05) is 12.1 Å². The van der Waals surface area contributed by atoms with E-state index in [1.807, 2.05) is 26.0 Å². The molecule has 1 heterocycles. The Kier molecular flexibility index (Phi) is 4.74. The Hall–Kier alpha value is -0.740. The average Bonchev–Trinajstić information content (AvgIpc) is 2.79. The molecule has 1 aromatic heterocycles. The number of halogens is 3. The normalized spacial score (nSPS) is 12.7. The first-order valence-corrected chi connectivity index (χ1v) is 6.91. The van der Waals surface area contributed by atoms with Crippen LogP contribution in [0.4, 0.5) is 0 Å². The molecule has 3 nitrogen and oxygen atoms in total. The largest absolute Gasteiger partial charge is 0.360 e. The Morgan fingerprint density at radius 3 is 2.63 bits per heavy atom. The molecule has 0 fully saturated rings. The molecule has 1 unspecified atom stereocenters. The topological polar surface area (TPSA) is 38.1 Å². The fourth-order valence-electron chi connectivity index (χ4n) is 1.74. The predicted octanol–water partition coefficient (Wildman–Crippen LogP) is 4.79. The molecule has 1 atom stereocenters. The molecule has 1 aromatic carbocycles. The maximum absolute atomic E-state index is 6.19. The molecule has 1 N–H and O–H groups in total. The van der Waals surface area contributed by atoms with Crippen LogP contribution in [0.3, 0.4) is 0 Å². The zero-order chi connectivity index (χ0) is 14.0. The van der Waals surface area contributed by atoms with E-state index in [1.165, 1.54) is 0 Å². The van der Waals surface area contributed by atoms with E-state index in [0.717, 1.165) is 17.0 Å². The molecule has 102 valence electrons. The van der Waals surface area contributed by atoms with Crippen LogP contribution >= 0.6 is 34.8 Å². The lowest BCUT2D eigenvalue weighted by Crippen LogP contribution is -2.18. The van der Waals surface area contributed by atoms with Crippen molar-refractivity contribution in [2.24, 2.45) is 0 Å². The molecule has 6 heteroatoms. The SMILES string of the molecule is Cc1cc(CNC(C)c2ccc(Cl)c(Cl)c2Cl)on1.